The van der Waals surface area contributed by atoms with E-state index in [0.717, 1.165) is 6.54 Å². The first kappa shape index (κ1) is 9.65. The molecule has 1 rings (SSSR count). The zero-order valence-electron chi connectivity index (χ0n) is 7.79. The van der Waals surface area contributed by atoms with Crippen molar-refractivity contribution in [2.75, 3.05) is 11.5 Å². The molecule has 0 aliphatic rings. The topological polar surface area (TPSA) is 17.8 Å². The third-order valence-electron chi connectivity index (χ3n) is 1.64. The molecule has 0 spiro atoms. The molecule has 0 N–H and O–H groups in total. The van der Waals surface area contributed by atoms with E-state index in [2.05, 4.69) is 25.1 Å². The van der Waals surface area contributed by atoms with Crippen molar-refractivity contribution in [3.63, 3.8) is 0 Å². The summed E-state index contributed by atoms with van der Waals surface area (Å²) in [5.74, 6) is 2.47. The molecule has 1 aromatic rings. The molecule has 1 heterocycles. The molecule has 0 amide bonds. The van der Waals surface area contributed by atoms with Crippen LogP contribution >= 0.6 is 11.8 Å². The molecule has 12 heavy (non-hydrogen) atoms. The van der Waals surface area contributed by atoms with Crippen molar-refractivity contribution in [3.8, 4) is 0 Å². The molecule has 3 heteroatoms. The zero-order chi connectivity index (χ0) is 8.81. The minimum Gasteiger partial charge on any atom is -0.272 e. The SMILES string of the molecule is CCSCCCn1cc(C)cn1. The Morgan fingerprint density at radius 2 is 2.42 bits per heavy atom. The Morgan fingerprint density at radius 3 is 3.00 bits per heavy atom. The lowest BCUT2D eigenvalue weighted by molar-refractivity contribution is 0.606. The van der Waals surface area contributed by atoms with Crippen molar-refractivity contribution in [1.82, 2.24) is 9.78 Å². The van der Waals surface area contributed by atoms with Crippen LogP contribution in [-0.4, -0.2) is 21.3 Å². The molecule has 68 valence electrons. The van der Waals surface area contributed by atoms with Crippen molar-refractivity contribution in [3.05, 3.63) is 18.0 Å². The van der Waals surface area contributed by atoms with Crippen molar-refractivity contribution < 1.29 is 0 Å². The maximum atomic E-state index is 4.22. The number of rotatable bonds is 5. The van der Waals surface area contributed by atoms with Crippen molar-refractivity contribution in [2.45, 2.75) is 26.8 Å². The Labute approximate surface area is 78.4 Å². The van der Waals surface area contributed by atoms with E-state index in [9.17, 15) is 0 Å². The minimum atomic E-state index is 1.06. The Balaban J connectivity index is 2.15. The highest BCUT2D eigenvalue weighted by Crippen LogP contribution is 2.03. The van der Waals surface area contributed by atoms with Gasteiger partial charge in [-0.2, -0.15) is 16.9 Å². The minimum absolute atomic E-state index is 1.06. The maximum Gasteiger partial charge on any atom is 0.0518 e. The first-order valence-corrected chi connectivity index (χ1v) is 5.55. The molecule has 0 atom stereocenters. The number of aryl methyl sites for hydroxylation is 2. The van der Waals surface area contributed by atoms with Gasteiger partial charge in [-0.1, -0.05) is 6.92 Å². The smallest absolute Gasteiger partial charge is 0.0518 e. The summed E-state index contributed by atoms with van der Waals surface area (Å²) in [5.41, 5.74) is 1.25. The number of aromatic nitrogens is 2. The number of nitrogens with zero attached hydrogens (tertiary/aromatic N) is 2. The lowest BCUT2D eigenvalue weighted by atomic mass is 10.4. The zero-order valence-corrected chi connectivity index (χ0v) is 8.60. The van der Waals surface area contributed by atoms with Crippen LogP contribution in [0.5, 0.6) is 0 Å². The van der Waals surface area contributed by atoms with Gasteiger partial charge in [-0.05, 0) is 30.4 Å². The molecule has 0 bridgehead atoms. The van der Waals surface area contributed by atoms with Gasteiger partial charge in [0.2, 0.25) is 0 Å². The van der Waals surface area contributed by atoms with Crippen LogP contribution < -0.4 is 0 Å². The second-order valence-electron chi connectivity index (χ2n) is 2.83. The van der Waals surface area contributed by atoms with Crippen molar-refractivity contribution in [1.29, 1.82) is 0 Å². The molecule has 0 aliphatic carbocycles. The normalized spacial score (nSPS) is 10.5. The molecule has 0 unspecified atom stereocenters. The van der Waals surface area contributed by atoms with Crippen molar-refractivity contribution in [2.24, 2.45) is 0 Å². The number of hydrogen-bond acceptors (Lipinski definition) is 2. The van der Waals surface area contributed by atoms with E-state index in [1.54, 1.807) is 0 Å². The van der Waals surface area contributed by atoms with Gasteiger partial charge < -0.3 is 0 Å². The Kier molecular flexibility index (Phi) is 4.22. The second kappa shape index (κ2) is 5.25. The Morgan fingerprint density at radius 1 is 1.58 bits per heavy atom. The summed E-state index contributed by atoms with van der Waals surface area (Å²) in [5, 5.41) is 4.22. The Bertz CT molecular complexity index is 220. The summed E-state index contributed by atoms with van der Waals surface area (Å²) in [7, 11) is 0. The predicted molar refractivity (Wildman–Crippen MR) is 54.6 cm³/mol. The summed E-state index contributed by atoms with van der Waals surface area (Å²) >= 11 is 1.99. The van der Waals surface area contributed by atoms with Crippen LogP contribution in [0.2, 0.25) is 0 Å². The van der Waals surface area contributed by atoms with Gasteiger partial charge in [0, 0.05) is 12.7 Å². The van der Waals surface area contributed by atoms with Gasteiger partial charge in [-0.15, -0.1) is 0 Å². The van der Waals surface area contributed by atoms with E-state index in [1.165, 1.54) is 23.5 Å². The summed E-state index contributed by atoms with van der Waals surface area (Å²) in [6.45, 7) is 5.33. The highest BCUT2D eigenvalue weighted by atomic mass is 32.2. The monoisotopic (exact) mass is 184 g/mol. The van der Waals surface area contributed by atoms with Gasteiger partial charge in [-0.25, -0.2) is 0 Å². The average Bonchev–Trinajstić information content (AvgIpc) is 2.45. The largest absolute Gasteiger partial charge is 0.272 e. The van der Waals surface area contributed by atoms with Crippen LogP contribution in [0, 0.1) is 6.92 Å². The van der Waals surface area contributed by atoms with E-state index in [-0.39, 0.29) is 0 Å². The fourth-order valence-electron chi connectivity index (χ4n) is 1.06. The van der Waals surface area contributed by atoms with Gasteiger partial charge in [0.05, 0.1) is 6.20 Å². The third-order valence-corrected chi connectivity index (χ3v) is 2.63. The standard InChI is InChI=1S/C9H16N2S/c1-3-12-6-4-5-11-8-9(2)7-10-11/h7-8H,3-6H2,1-2H3. The highest BCUT2D eigenvalue weighted by molar-refractivity contribution is 7.99. The number of thioether (sulfide) groups is 1. The first-order chi connectivity index (χ1) is 5.83. The van der Waals surface area contributed by atoms with Gasteiger partial charge in [0.15, 0.2) is 0 Å². The maximum absolute atomic E-state index is 4.22. The molecule has 0 saturated heterocycles. The molecule has 0 aromatic carbocycles. The predicted octanol–water partition coefficient (Wildman–Crippen LogP) is 2.33. The lowest BCUT2D eigenvalue weighted by Crippen LogP contribution is -1.99. The van der Waals surface area contributed by atoms with Gasteiger partial charge in [0.1, 0.15) is 0 Å². The van der Waals surface area contributed by atoms with Crippen molar-refractivity contribution >= 4 is 11.8 Å². The molecule has 0 saturated carbocycles. The first-order valence-electron chi connectivity index (χ1n) is 4.39. The van der Waals surface area contributed by atoms with Gasteiger partial charge in [0.25, 0.3) is 0 Å². The van der Waals surface area contributed by atoms with E-state index in [1.807, 2.05) is 22.6 Å². The van der Waals surface area contributed by atoms with E-state index in [0.29, 0.717) is 0 Å². The average molecular weight is 184 g/mol. The summed E-state index contributed by atoms with van der Waals surface area (Å²) in [6, 6.07) is 0. The molecule has 1 aromatic heterocycles. The van der Waals surface area contributed by atoms with Gasteiger partial charge in [-0.3, -0.25) is 4.68 Å². The third kappa shape index (κ3) is 3.30. The van der Waals surface area contributed by atoms with Crippen LogP contribution in [0.25, 0.3) is 0 Å². The Hall–Kier alpha value is -0.440. The van der Waals surface area contributed by atoms with Gasteiger partial charge >= 0.3 is 0 Å². The molecular formula is C9H16N2S. The fourth-order valence-corrected chi connectivity index (χ4v) is 1.68. The van der Waals surface area contributed by atoms with Crippen LogP contribution in [0.3, 0.4) is 0 Å². The van der Waals surface area contributed by atoms with Crippen LogP contribution in [-0.2, 0) is 6.54 Å². The summed E-state index contributed by atoms with van der Waals surface area (Å²) in [6.07, 6.45) is 5.23. The molecule has 2 nitrogen and oxygen atoms in total. The molecule has 0 fully saturated rings. The molecule has 0 aliphatic heterocycles. The van der Waals surface area contributed by atoms with Crippen LogP contribution in [0.1, 0.15) is 18.9 Å². The second-order valence-corrected chi connectivity index (χ2v) is 4.23. The quantitative estimate of drug-likeness (QED) is 0.654. The molecule has 0 radical (unpaired) electrons. The summed E-state index contributed by atoms with van der Waals surface area (Å²) < 4.78 is 2.02. The highest BCUT2D eigenvalue weighted by Gasteiger charge is 1.93. The van der Waals surface area contributed by atoms with E-state index < -0.39 is 0 Å². The fraction of sp³-hybridized carbons (Fsp3) is 0.667. The summed E-state index contributed by atoms with van der Waals surface area (Å²) in [4.78, 5) is 0. The molecular weight excluding hydrogens is 168 g/mol. The van der Waals surface area contributed by atoms with E-state index >= 15 is 0 Å². The number of hydrogen-bond donors (Lipinski definition) is 0. The van der Waals surface area contributed by atoms with E-state index in [4.69, 9.17) is 0 Å². The van der Waals surface area contributed by atoms with Crippen LogP contribution in [0.4, 0.5) is 0 Å². The lowest BCUT2D eigenvalue weighted by Gasteiger charge is -1.99. The van der Waals surface area contributed by atoms with Crippen LogP contribution in [0.15, 0.2) is 12.4 Å².